The molecule has 2 amide bonds. The second kappa shape index (κ2) is 11.4. The van der Waals surface area contributed by atoms with E-state index in [0.717, 1.165) is 0 Å². The first-order valence-electron chi connectivity index (χ1n) is 10.7. The minimum Gasteiger partial charge on any atom is -0.480 e. The molecule has 1 heterocycles. The molecular weight excluding hydrogens is 469 g/mol. The van der Waals surface area contributed by atoms with Gasteiger partial charge in [-0.1, -0.05) is 11.6 Å². The number of carbonyl (C=O) groups is 2. The third-order valence-electron chi connectivity index (χ3n) is 5.36. The lowest BCUT2D eigenvalue weighted by Gasteiger charge is -2.34. The lowest BCUT2D eigenvalue weighted by Crippen LogP contribution is -2.42. The first-order valence-corrected chi connectivity index (χ1v) is 11.0. The number of hydrogen-bond donors (Lipinski definition) is 3. The smallest absolute Gasteiger partial charge is 0.480 e. The van der Waals surface area contributed by atoms with Crippen molar-refractivity contribution in [1.82, 2.24) is 10.6 Å². The summed E-state index contributed by atoms with van der Waals surface area (Å²) in [6.45, 7) is 0.515. The molecule has 3 rings (SSSR count). The van der Waals surface area contributed by atoms with Crippen LogP contribution in [0, 0.1) is 0 Å². The normalized spacial score (nSPS) is 24.3. The lowest BCUT2D eigenvalue weighted by molar-refractivity contribution is -0.357. The van der Waals surface area contributed by atoms with Gasteiger partial charge in [0.05, 0.1) is 18.3 Å². The number of unbranched alkanes of at least 4 members (excludes halogenated alkanes) is 1. The number of aliphatic hydroxyl groups is 1. The summed E-state index contributed by atoms with van der Waals surface area (Å²) in [4.78, 5) is 24.0. The highest BCUT2D eigenvalue weighted by Gasteiger charge is 2.40. The van der Waals surface area contributed by atoms with Crippen molar-refractivity contribution in [2.75, 3.05) is 19.7 Å². The monoisotopic (exact) mass is 494 g/mol. The molecule has 1 aliphatic heterocycles. The number of carbonyl (C=O) groups excluding carboxylic acids is 2. The molecule has 12 heteroatoms. The Morgan fingerprint density at radius 1 is 1.12 bits per heavy atom. The van der Waals surface area contributed by atoms with Crippen LogP contribution in [0.2, 0.25) is 5.02 Å². The van der Waals surface area contributed by atoms with Crippen molar-refractivity contribution in [3.05, 3.63) is 28.8 Å². The van der Waals surface area contributed by atoms with Gasteiger partial charge in [0, 0.05) is 42.9 Å². The van der Waals surface area contributed by atoms with Gasteiger partial charge in [0.15, 0.2) is 6.10 Å². The molecule has 0 bridgehead atoms. The maximum atomic E-state index is 12.3. The molecule has 2 atom stereocenters. The maximum absolute atomic E-state index is 12.3. The molecule has 1 aromatic rings. The third-order valence-corrected chi connectivity index (χ3v) is 5.59. The second-order valence-corrected chi connectivity index (χ2v) is 8.41. The Hall–Kier alpha value is -2.08. The number of alkyl halides is 3. The predicted molar refractivity (Wildman–Crippen MR) is 111 cm³/mol. The predicted octanol–water partition coefficient (Wildman–Crippen LogP) is 2.62. The average molecular weight is 495 g/mol. The molecule has 1 aliphatic carbocycles. The van der Waals surface area contributed by atoms with Crippen molar-refractivity contribution >= 4 is 23.4 Å². The van der Waals surface area contributed by atoms with Crippen molar-refractivity contribution in [2.24, 2.45) is 0 Å². The highest BCUT2D eigenvalue weighted by molar-refractivity contribution is 6.30. The van der Waals surface area contributed by atoms with Crippen LogP contribution < -0.4 is 15.4 Å². The number of amides is 2. The SMILES string of the molecule is O=C(COC1CC(OC(F)(F)F)C1)NCCCCNC(=O)[C@@H]1C[C@@H](O)c2cc(Cl)ccc2O1. The molecule has 8 nitrogen and oxygen atoms in total. The van der Waals surface area contributed by atoms with E-state index in [1.165, 1.54) is 0 Å². The number of aliphatic hydroxyl groups excluding tert-OH is 1. The van der Waals surface area contributed by atoms with Crippen molar-refractivity contribution in [3.8, 4) is 5.75 Å². The van der Waals surface area contributed by atoms with Crippen LogP contribution in [0.3, 0.4) is 0 Å². The van der Waals surface area contributed by atoms with Crippen LogP contribution in [-0.2, 0) is 19.1 Å². The number of ether oxygens (including phenoxy) is 3. The van der Waals surface area contributed by atoms with Gasteiger partial charge < -0.3 is 25.2 Å². The van der Waals surface area contributed by atoms with Gasteiger partial charge in [0.2, 0.25) is 5.91 Å². The van der Waals surface area contributed by atoms with Crippen molar-refractivity contribution in [2.45, 2.75) is 62.9 Å². The van der Waals surface area contributed by atoms with Crippen molar-refractivity contribution < 1.29 is 42.1 Å². The number of fused-ring (bicyclic) bond motifs is 1. The van der Waals surface area contributed by atoms with E-state index in [4.69, 9.17) is 21.1 Å². The lowest BCUT2D eigenvalue weighted by atomic mass is 9.92. The highest BCUT2D eigenvalue weighted by atomic mass is 35.5. The van der Waals surface area contributed by atoms with Crippen LogP contribution in [0.25, 0.3) is 0 Å². The van der Waals surface area contributed by atoms with E-state index < -0.39 is 30.8 Å². The minimum absolute atomic E-state index is 0.105. The van der Waals surface area contributed by atoms with Crippen molar-refractivity contribution in [3.63, 3.8) is 0 Å². The fourth-order valence-electron chi connectivity index (χ4n) is 3.57. The van der Waals surface area contributed by atoms with Gasteiger partial charge in [0.25, 0.3) is 5.91 Å². The van der Waals surface area contributed by atoms with E-state index in [0.29, 0.717) is 42.3 Å². The molecule has 2 aliphatic rings. The zero-order valence-electron chi connectivity index (χ0n) is 17.7. The Labute approximate surface area is 193 Å². The number of hydrogen-bond acceptors (Lipinski definition) is 6. The summed E-state index contributed by atoms with van der Waals surface area (Å²) in [5.41, 5.74) is 0.554. The van der Waals surface area contributed by atoms with E-state index >= 15 is 0 Å². The topological polar surface area (TPSA) is 106 Å². The van der Waals surface area contributed by atoms with Crippen LogP contribution in [-0.4, -0.2) is 61.3 Å². The van der Waals surface area contributed by atoms with Gasteiger partial charge in [-0.2, -0.15) is 0 Å². The molecule has 0 radical (unpaired) electrons. The largest absolute Gasteiger partial charge is 0.522 e. The van der Waals surface area contributed by atoms with Crippen LogP contribution >= 0.6 is 11.6 Å². The molecule has 0 unspecified atom stereocenters. The molecule has 1 fully saturated rings. The zero-order valence-corrected chi connectivity index (χ0v) is 18.5. The van der Waals surface area contributed by atoms with Crippen LogP contribution in [0.5, 0.6) is 5.75 Å². The van der Waals surface area contributed by atoms with Gasteiger partial charge in [-0.25, -0.2) is 0 Å². The molecule has 0 aromatic heterocycles. The van der Waals surface area contributed by atoms with E-state index in [9.17, 15) is 27.9 Å². The molecule has 1 aromatic carbocycles. The molecular formula is C21H26ClF3N2O6. The number of rotatable bonds is 10. The van der Waals surface area contributed by atoms with Crippen LogP contribution in [0.4, 0.5) is 13.2 Å². The number of halogens is 4. The van der Waals surface area contributed by atoms with E-state index in [2.05, 4.69) is 15.4 Å². The highest BCUT2D eigenvalue weighted by Crippen LogP contribution is 2.36. The Morgan fingerprint density at radius 2 is 1.82 bits per heavy atom. The molecule has 0 saturated heterocycles. The summed E-state index contributed by atoms with van der Waals surface area (Å²) in [7, 11) is 0. The standard InChI is InChI=1S/C21H26ClF3N2O6/c22-12-3-4-17-15(7-12)16(28)10-18(32-17)20(30)27-6-2-1-5-26-19(29)11-31-13-8-14(9-13)33-21(23,24)25/h3-4,7,13-14,16,18,28H,1-2,5-6,8-11H2,(H,26,29)(H,27,30)/t13?,14?,16-,18+/m1/s1. The average Bonchev–Trinajstić information content (AvgIpc) is 2.71. The maximum Gasteiger partial charge on any atom is 0.522 e. The number of nitrogens with one attached hydrogen (secondary N) is 2. The number of benzene rings is 1. The molecule has 184 valence electrons. The Kier molecular flexibility index (Phi) is 8.80. The summed E-state index contributed by atoms with van der Waals surface area (Å²) in [5.74, 6) is -0.267. The Balaban J connectivity index is 1.22. The molecule has 33 heavy (non-hydrogen) atoms. The first-order chi connectivity index (χ1) is 15.6. The summed E-state index contributed by atoms with van der Waals surface area (Å²) >= 11 is 5.92. The minimum atomic E-state index is -4.66. The van der Waals surface area contributed by atoms with E-state index in [1.54, 1.807) is 18.2 Å². The van der Waals surface area contributed by atoms with Crippen molar-refractivity contribution in [1.29, 1.82) is 0 Å². The van der Waals surface area contributed by atoms with Gasteiger partial charge in [-0.05, 0) is 31.0 Å². The Morgan fingerprint density at radius 3 is 2.52 bits per heavy atom. The summed E-state index contributed by atoms with van der Waals surface area (Å²) < 4.78 is 50.9. The summed E-state index contributed by atoms with van der Waals surface area (Å²) in [6, 6.07) is 4.85. The summed E-state index contributed by atoms with van der Waals surface area (Å²) in [5, 5.41) is 16.1. The fraction of sp³-hybridized carbons (Fsp3) is 0.619. The zero-order chi connectivity index (χ0) is 24.0. The Bertz CT molecular complexity index is 835. The fourth-order valence-corrected chi connectivity index (χ4v) is 3.75. The van der Waals surface area contributed by atoms with Gasteiger partial charge in [-0.15, -0.1) is 13.2 Å². The van der Waals surface area contributed by atoms with E-state index in [-0.39, 0.29) is 37.7 Å². The third kappa shape index (κ3) is 8.02. The van der Waals surface area contributed by atoms with Crippen LogP contribution in [0.15, 0.2) is 18.2 Å². The molecule has 3 N–H and O–H groups in total. The molecule has 0 spiro atoms. The van der Waals surface area contributed by atoms with Gasteiger partial charge in [0.1, 0.15) is 12.4 Å². The van der Waals surface area contributed by atoms with Crippen LogP contribution in [0.1, 0.15) is 43.8 Å². The van der Waals surface area contributed by atoms with Gasteiger partial charge in [-0.3, -0.25) is 14.3 Å². The van der Waals surface area contributed by atoms with Gasteiger partial charge >= 0.3 is 6.36 Å². The second-order valence-electron chi connectivity index (χ2n) is 7.98. The van der Waals surface area contributed by atoms with E-state index in [1.807, 2.05) is 0 Å². The quantitative estimate of drug-likeness (QED) is 0.432. The molecule has 1 saturated carbocycles. The first kappa shape index (κ1) is 25.5. The summed E-state index contributed by atoms with van der Waals surface area (Å²) in [6.07, 6.45) is -6.09.